The van der Waals surface area contributed by atoms with Gasteiger partial charge in [-0.25, -0.2) is 4.79 Å². The number of ether oxygens (including phenoxy) is 1. The highest BCUT2D eigenvalue weighted by molar-refractivity contribution is 5.83. The molecule has 2 heteroatoms. The van der Waals surface area contributed by atoms with Crippen LogP contribution < -0.4 is 4.74 Å². The van der Waals surface area contributed by atoms with Crippen molar-refractivity contribution in [3.8, 4) is 5.75 Å². The first-order chi connectivity index (χ1) is 8.29. The average molecular weight is 230 g/mol. The van der Waals surface area contributed by atoms with E-state index in [4.69, 9.17) is 4.74 Å². The first kappa shape index (κ1) is 11.9. The molecule has 1 saturated carbocycles. The molecule has 0 atom stereocenters. The van der Waals surface area contributed by atoms with Crippen molar-refractivity contribution in [3.05, 3.63) is 42.5 Å². The normalized spacial score (nSPS) is 16.5. The van der Waals surface area contributed by atoms with E-state index < -0.39 is 5.97 Å². The average Bonchev–Trinajstić information content (AvgIpc) is 2.40. The summed E-state index contributed by atoms with van der Waals surface area (Å²) in [4.78, 5) is 11.0. The minimum atomic E-state index is -0.407. The Hall–Kier alpha value is -1.57. The lowest BCUT2D eigenvalue weighted by molar-refractivity contribution is -0.128. The van der Waals surface area contributed by atoms with E-state index in [2.05, 4.69) is 18.7 Å². The maximum absolute atomic E-state index is 11.0. The first-order valence-corrected chi connectivity index (χ1v) is 6.24. The molecule has 0 aromatic heterocycles. The number of carbonyl (C=O) groups excluding carboxylic acids is 1. The highest BCUT2D eigenvalue weighted by Crippen LogP contribution is 2.33. The van der Waals surface area contributed by atoms with Gasteiger partial charge in [-0.15, -0.1) is 0 Å². The number of hydrogen-bond donors (Lipinski definition) is 0. The van der Waals surface area contributed by atoms with Crippen LogP contribution in [0.2, 0.25) is 0 Å². The van der Waals surface area contributed by atoms with Crippen molar-refractivity contribution in [2.24, 2.45) is 0 Å². The minimum absolute atomic E-state index is 0.407. The lowest BCUT2D eigenvalue weighted by atomic mass is 9.84. The van der Waals surface area contributed by atoms with E-state index >= 15 is 0 Å². The van der Waals surface area contributed by atoms with Crippen molar-refractivity contribution in [2.45, 2.75) is 38.0 Å². The fraction of sp³-hybridized carbons (Fsp3) is 0.400. The van der Waals surface area contributed by atoms with Crippen LogP contribution in [0.5, 0.6) is 5.75 Å². The van der Waals surface area contributed by atoms with Gasteiger partial charge in [0.1, 0.15) is 5.75 Å². The Morgan fingerprint density at radius 1 is 1.18 bits per heavy atom. The summed E-state index contributed by atoms with van der Waals surface area (Å²) in [6.45, 7) is 3.37. The Bertz CT molecular complexity index is 386. The number of rotatable bonds is 3. The van der Waals surface area contributed by atoms with Crippen molar-refractivity contribution in [2.75, 3.05) is 0 Å². The second-order valence-corrected chi connectivity index (χ2v) is 4.53. The van der Waals surface area contributed by atoms with Crippen LogP contribution in [0, 0.1) is 0 Å². The standard InChI is InChI=1S/C15H18O2/c1-2-15(16)17-14-10-8-13(9-11-14)12-6-4-3-5-7-12/h2,8-12H,1,3-7H2. The molecule has 1 fully saturated rings. The summed E-state index contributed by atoms with van der Waals surface area (Å²) in [6.07, 6.45) is 7.77. The van der Waals surface area contributed by atoms with Gasteiger partial charge in [-0.05, 0) is 36.5 Å². The van der Waals surface area contributed by atoms with Crippen molar-refractivity contribution in [1.29, 1.82) is 0 Å². The lowest BCUT2D eigenvalue weighted by Crippen LogP contribution is -2.05. The Labute approximate surface area is 102 Å². The molecule has 1 aliphatic rings. The number of esters is 1. The van der Waals surface area contributed by atoms with Crippen LogP contribution >= 0.6 is 0 Å². The van der Waals surface area contributed by atoms with Crippen LogP contribution in [0.25, 0.3) is 0 Å². The van der Waals surface area contributed by atoms with Crippen molar-refractivity contribution < 1.29 is 9.53 Å². The van der Waals surface area contributed by atoms with E-state index in [0.29, 0.717) is 11.7 Å². The van der Waals surface area contributed by atoms with Crippen LogP contribution in [0.15, 0.2) is 36.9 Å². The smallest absolute Gasteiger partial charge is 0.335 e. The second kappa shape index (κ2) is 5.67. The molecule has 2 nitrogen and oxygen atoms in total. The maximum Gasteiger partial charge on any atom is 0.335 e. The lowest BCUT2D eigenvalue weighted by Gasteiger charge is -2.21. The number of benzene rings is 1. The molecule has 0 bridgehead atoms. The predicted molar refractivity (Wildman–Crippen MR) is 68.1 cm³/mol. The third-order valence-electron chi connectivity index (χ3n) is 3.34. The summed E-state index contributed by atoms with van der Waals surface area (Å²) in [5, 5.41) is 0. The van der Waals surface area contributed by atoms with Gasteiger partial charge in [-0.1, -0.05) is 38.0 Å². The van der Waals surface area contributed by atoms with Gasteiger partial charge in [0.05, 0.1) is 0 Å². The van der Waals surface area contributed by atoms with Gasteiger partial charge in [0, 0.05) is 6.08 Å². The van der Waals surface area contributed by atoms with E-state index in [0.717, 1.165) is 0 Å². The summed E-state index contributed by atoms with van der Waals surface area (Å²) >= 11 is 0. The van der Waals surface area contributed by atoms with Crippen LogP contribution in [-0.2, 0) is 4.79 Å². The van der Waals surface area contributed by atoms with Crippen molar-refractivity contribution in [1.82, 2.24) is 0 Å². The van der Waals surface area contributed by atoms with Crippen LogP contribution in [0.3, 0.4) is 0 Å². The quantitative estimate of drug-likeness (QED) is 0.448. The molecule has 0 spiro atoms. The summed E-state index contributed by atoms with van der Waals surface area (Å²) < 4.78 is 5.05. The summed E-state index contributed by atoms with van der Waals surface area (Å²) in [6, 6.07) is 7.88. The molecule has 0 saturated heterocycles. The van der Waals surface area contributed by atoms with Gasteiger partial charge < -0.3 is 4.74 Å². The first-order valence-electron chi connectivity index (χ1n) is 6.24. The molecule has 0 unspecified atom stereocenters. The Balaban J connectivity index is 2.01. The van der Waals surface area contributed by atoms with Gasteiger partial charge in [-0.3, -0.25) is 0 Å². The molecule has 2 rings (SSSR count). The zero-order chi connectivity index (χ0) is 12.1. The van der Waals surface area contributed by atoms with Gasteiger partial charge in [0.25, 0.3) is 0 Å². The number of hydrogen-bond acceptors (Lipinski definition) is 2. The fourth-order valence-corrected chi connectivity index (χ4v) is 2.40. The largest absolute Gasteiger partial charge is 0.423 e. The fourth-order valence-electron chi connectivity index (χ4n) is 2.40. The molecule has 0 heterocycles. The second-order valence-electron chi connectivity index (χ2n) is 4.53. The molecular weight excluding hydrogens is 212 g/mol. The molecule has 17 heavy (non-hydrogen) atoms. The van der Waals surface area contributed by atoms with Gasteiger partial charge in [0.15, 0.2) is 0 Å². The summed E-state index contributed by atoms with van der Waals surface area (Å²) in [5.74, 6) is 0.873. The molecule has 1 aromatic carbocycles. The van der Waals surface area contributed by atoms with Crippen LogP contribution in [-0.4, -0.2) is 5.97 Å². The Morgan fingerprint density at radius 2 is 1.82 bits per heavy atom. The van der Waals surface area contributed by atoms with E-state index in [1.165, 1.54) is 43.7 Å². The SMILES string of the molecule is C=CC(=O)Oc1ccc(C2CCCCC2)cc1. The topological polar surface area (TPSA) is 26.3 Å². The molecule has 1 aliphatic carbocycles. The Kier molecular flexibility index (Phi) is 3.97. The van der Waals surface area contributed by atoms with E-state index in [9.17, 15) is 4.79 Å². The van der Waals surface area contributed by atoms with Crippen molar-refractivity contribution in [3.63, 3.8) is 0 Å². The molecule has 1 aromatic rings. The highest BCUT2D eigenvalue weighted by Gasteiger charge is 2.15. The van der Waals surface area contributed by atoms with E-state index in [1.807, 2.05) is 12.1 Å². The molecule has 0 amide bonds. The third kappa shape index (κ3) is 3.19. The monoisotopic (exact) mass is 230 g/mol. The van der Waals surface area contributed by atoms with Gasteiger partial charge in [0.2, 0.25) is 0 Å². The van der Waals surface area contributed by atoms with Crippen LogP contribution in [0.1, 0.15) is 43.6 Å². The molecule has 0 radical (unpaired) electrons. The molecule has 0 N–H and O–H groups in total. The molecular formula is C15H18O2. The van der Waals surface area contributed by atoms with Gasteiger partial charge in [-0.2, -0.15) is 0 Å². The third-order valence-corrected chi connectivity index (χ3v) is 3.34. The minimum Gasteiger partial charge on any atom is -0.423 e. The zero-order valence-corrected chi connectivity index (χ0v) is 10.0. The van der Waals surface area contributed by atoms with Crippen LogP contribution in [0.4, 0.5) is 0 Å². The highest BCUT2D eigenvalue weighted by atomic mass is 16.5. The predicted octanol–water partition coefficient (Wildman–Crippen LogP) is 3.83. The summed E-state index contributed by atoms with van der Waals surface area (Å²) in [5.41, 5.74) is 1.36. The van der Waals surface area contributed by atoms with Crippen molar-refractivity contribution >= 4 is 5.97 Å². The van der Waals surface area contributed by atoms with Gasteiger partial charge >= 0.3 is 5.97 Å². The van der Waals surface area contributed by atoms with E-state index in [1.54, 1.807) is 0 Å². The maximum atomic E-state index is 11.0. The molecule has 90 valence electrons. The Morgan fingerprint density at radius 3 is 2.41 bits per heavy atom. The number of carbonyl (C=O) groups is 1. The zero-order valence-electron chi connectivity index (χ0n) is 10.0. The summed E-state index contributed by atoms with van der Waals surface area (Å²) in [7, 11) is 0. The van der Waals surface area contributed by atoms with E-state index in [-0.39, 0.29) is 0 Å². The molecule has 0 aliphatic heterocycles.